The predicted molar refractivity (Wildman–Crippen MR) is 78.9 cm³/mol. The third-order valence-corrected chi connectivity index (χ3v) is 3.80. The zero-order chi connectivity index (χ0) is 12.8. The van der Waals surface area contributed by atoms with Crippen molar-refractivity contribution in [3.8, 4) is 11.5 Å². The molecule has 2 aromatic rings. The number of thiophene rings is 1. The lowest BCUT2D eigenvalue weighted by atomic mass is 10.2. The number of hydrogen-bond acceptors (Lipinski definition) is 3. The van der Waals surface area contributed by atoms with Crippen molar-refractivity contribution in [1.82, 2.24) is 0 Å². The minimum Gasteiger partial charge on any atom is -0.490 e. The Kier molecular flexibility index (Phi) is 5.08. The molecule has 1 heterocycles. The van der Waals surface area contributed by atoms with Gasteiger partial charge in [-0.15, -0.1) is 0 Å². The minimum absolute atomic E-state index is 0.577. The second-order valence-corrected chi connectivity index (χ2v) is 5.07. The lowest BCUT2D eigenvalue weighted by Crippen LogP contribution is -2.01. The molecule has 0 atom stereocenters. The standard InChI is InChI=1S/C14H15BrO2S/c1-2-16-13-5-3-4-12(8-15)14(13)17-9-11-6-7-18-10-11/h3-7,10H,2,8-9H2,1H3. The molecule has 0 aliphatic heterocycles. The Morgan fingerprint density at radius 1 is 1.22 bits per heavy atom. The van der Waals surface area contributed by atoms with Crippen molar-refractivity contribution in [3.63, 3.8) is 0 Å². The maximum atomic E-state index is 5.91. The Balaban J connectivity index is 2.18. The summed E-state index contributed by atoms with van der Waals surface area (Å²) in [6, 6.07) is 8.04. The van der Waals surface area contributed by atoms with Crippen molar-refractivity contribution >= 4 is 27.3 Å². The molecule has 0 aliphatic rings. The quantitative estimate of drug-likeness (QED) is 0.721. The SMILES string of the molecule is CCOc1cccc(CBr)c1OCc1ccsc1. The third kappa shape index (κ3) is 3.27. The molecule has 0 fully saturated rings. The fourth-order valence-electron chi connectivity index (χ4n) is 1.63. The number of alkyl halides is 1. The van der Waals surface area contributed by atoms with E-state index in [-0.39, 0.29) is 0 Å². The number of hydrogen-bond donors (Lipinski definition) is 0. The fraction of sp³-hybridized carbons (Fsp3) is 0.286. The Hall–Kier alpha value is -1.00. The van der Waals surface area contributed by atoms with Gasteiger partial charge in [0.2, 0.25) is 0 Å². The van der Waals surface area contributed by atoms with Crippen LogP contribution in [-0.2, 0) is 11.9 Å². The number of halogens is 1. The predicted octanol–water partition coefficient (Wildman–Crippen LogP) is 4.62. The molecule has 4 heteroatoms. The van der Waals surface area contributed by atoms with E-state index in [4.69, 9.17) is 9.47 Å². The van der Waals surface area contributed by atoms with Gasteiger partial charge in [-0.25, -0.2) is 0 Å². The molecule has 1 aromatic heterocycles. The van der Waals surface area contributed by atoms with Crippen LogP contribution in [0.15, 0.2) is 35.0 Å². The molecule has 0 saturated carbocycles. The van der Waals surface area contributed by atoms with Crippen molar-refractivity contribution in [2.24, 2.45) is 0 Å². The molecule has 0 spiro atoms. The third-order valence-electron chi connectivity index (χ3n) is 2.47. The normalized spacial score (nSPS) is 10.3. The molecular weight excluding hydrogens is 312 g/mol. The van der Waals surface area contributed by atoms with Crippen LogP contribution in [0, 0.1) is 0 Å². The summed E-state index contributed by atoms with van der Waals surface area (Å²) in [7, 11) is 0. The first kappa shape index (κ1) is 13.4. The number of ether oxygens (including phenoxy) is 2. The molecule has 18 heavy (non-hydrogen) atoms. The van der Waals surface area contributed by atoms with Crippen LogP contribution in [0.2, 0.25) is 0 Å². The van der Waals surface area contributed by atoms with Crippen molar-refractivity contribution in [2.75, 3.05) is 6.61 Å². The first-order valence-corrected chi connectivity index (χ1v) is 7.86. The van der Waals surface area contributed by atoms with Gasteiger partial charge in [-0.1, -0.05) is 28.1 Å². The fourth-order valence-corrected chi connectivity index (χ4v) is 2.72. The van der Waals surface area contributed by atoms with Gasteiger partial charge in [-0.2, -0.15) is 11.3 Å². The van der Waals surface area contributed by atoms with Crippen LogP contribution in [0.3, 0.4) is 0 Å². The average molecular weight is 327 g/mol. The maximum absolute atomic E-state index is 5.91. The van der Waals surface area contributed by atoms with Gasteiger partial charge >= 0.3 is 0 Å². The monoisotopic (exact) mass is 326 g/mol. The molecule has 0 amide bonds. The number of para-hydroxylation sites is 1. The van der Waals surface area contributed by atoms with Crippen molar-refractivity contribution in [1.29, 1.82) is 0 Å². The topological polar surface area (TPSA) is 18.5 Å². The van der Waals surface area contributed by atoms with Crippen molar-refractivity contribution in [2.45, 2.75) is 18.9 Å². The zero-order valence-corrected chi connectivity index (χ0v) is 12.6. The number of benzene rings is 1. The molecule has 0 bridgehead atoms. The van der Waals surface area contributed by atoms with Gasteiger partial charge in [0, 0.05) is 10.9 Å². The van der Waals surface area contributed by atoms with Crippen LogP contribution < -0.4 is 9.47 Å². The smallest absolute Gasteiger partial charge is 0.165 e. The van der Waals surface area contributed by atoms with E-state index in [0.29, 0.717) is 13.2 Å². The van der Waals surface area contributed by atoms with Crippen molar-refractivity contribution in [3.05, 3.63) is 46.2 Å². The van der Waals surface area contributed by atoms with Gasteiger partial charge in [0.25, 0.3) is 0 Å². The van der Waals surface area contributed by atoms with Gasteiger partial charge in [0.05, 0.1) is 6.61 Å². The average Bonchev–Trinajstić information content (AvgIpc) is 2.90. The van der Waals surface area contributed by atoms with E-state index >= 15 is 0 Å². The summed E-state index contributed by atoms with van der Waals surface area (Å²) in [5, 5.41) is 4.91. The molecule has 2 nitrogen and oxygen atoms in total. The largest absolute Gasteiger partial charge is 0.490 e. The molecule has 0 saturated heterocycles. The van der Waals surface area contributed by atoms with Crippen LogP contribution in [0.4, 0.5) is 0 Å². The second-order valence-electron chi connectivity index (χ2n) is 3.73. The Bertz CT molecular complexity index is 483. The lowest BCUT2D eigenvalue weighted by molar-refractivity contribution is 0.268. The van der Waals surface area contributed by atoms with Crippen LogP contribution in [-0.4, -0.2) is 6.61 Å². The summed E-state index contributed by atoms with van der Waals surface area (Å²) in [5.41, 5.74) is 2.29. The van der Waals surface area contributed by atoms with E-state index < -0.39 is 0 Å². The molecule has 0 aliphatic carbocycles. The van der Waals surface area contributed by atoms with E-state index in [1.165, 1.54) is 5.56 Å². The van der Waals surface area contributed by atoms with Gasteiger partial charge < -0.3 is 9.47 Å². The summed E-state index contributed by atoms with van der Waals surface area (Å²) in [4.78, 5) is 0. The highest BCUT2D eigenvalue weighted by molar-refractivity contribution is 9.08. The second kappa shape index (κ2) is 6.81. The van der Waals surface area contributed by atoms with Gasteiger partial charge in [-0.05, 0) is 35.4 Å². The summed E-state index contributed by atoms with van der Waals surface area (Å²) in [6.07, 6.45) is 0. The van der Waals surface area contributed by atoms with Crippen LogP contribution in [0.1, 0.15) is 18.1 Å². The Morgan fingerprint density at radius 3 is 2.78 bits per heavy atom. The van der Waals surface area contributed by atoms with Gasteiger partial charge in [-0.3, -0.25) is 0 Å². The minimum atomic E-state index is 0.577. The summed E-state index contributed by atoms with van der Waals surface area (Å²) < 4.78 is 11.5. The first-order valence-electron chi connectivity index (χ1n) is 5.79. The van der Waals surface area contributed by atoms with Crippen LogP contribution in [0.25, 0.3) is 0 Å². The van der Waals surface area contributed by atoms with Gasteiger partial charge in [0.15, 0.2) is 11.5 Å². The summed E-state index contributed by atoms with van der Waals surface area (Å²) in [5.74, 6) is 1.65. The van der Waals surface area contributed by atoms with Gasteiger partial charge in [0.1, 0.15) is 6.61 Å². The van der Waals surface area contributed by atoms with E-state index in [2.05, 4.69) is 32.8 Å². The van der Waals surface area contributed by atoms with E-state index in [1.807, 2.05) is 25.1 Å². The molecule has 0 radical (unpaired) electrons. The highest BCUT2D eigenvalue weighted by Gasteiger charge is 2.10. The Labute approximate surface area is 120 Å². The number of rotatable bonds is 6. The Morgan fingerprint density at radius 2 is 2.11 bits per heavy atom. The van der Waals surface area contributed by atoms with E-state index in [1.54, 1.807) is 11.3 Å². The summed E-state index contributed by atoms with van der Waals surface area (Å²) >= 11 is 5.16. The van der Waals surface area contributed by atoms with E-state index in [9.17, 15) is 0 Å². The first-order chi connectivity index (χ1) is 8.85. The molecular formula is C14H15BrO2S. The lowest BCUT2D eigenvalue weighted by Gasteiger charge is -2.14. The van der Waals surface area contributed by atoms with Crippen LogP contribution >= 0.6 is 27.3 Å². The maximum Gasteiger partial charge on any atom is 0.165 e. The molecule has 0 N–H and O–H groups in total. The highest BCUT2D eigenvalue weighted by Crippen LogP contribution is 2.33. The molecule has 96 valence electrons. The molecule has 1 aromatic carbocycles. The van der Waals surface area contributed by atoms with Crippen molar-refractivity contribution < 1.29 is 9.47 Å². The summed E-state index contributed by atoms with van der Waals surface area (Å²) in [6.45, 7) is 3.19. The zero-order valence-electron chi connectivity index (χ0n) is 10.2. The molecule has 0 unspecified atom stereocenters. The van der Waals surface area contributed by atoms with E-state index in [0.717, 1.165) is 22.4 Å². The highest BCUT2D eigenvalue weighted by atomic mass is 79.9. The van der Waals surface area contributed by atoms with Crippen LogP contribution in [0.5, 0.6) is 11.5 Å². The molecule has 2 rings (SSSR count).